The van der Waals surface area contributed by atoms with Crippen LogP contribution in [0, 0.1) is 5.92 Å². The molecule has 0 bridgehead atoms. The molecule has 3 nitrogen and oxygen atoms in total. The molecule has 1 aromatic heterocycles. The van der Waals surface area contributed by atoms with Gasteiger partial charge >= 0.3 is 0 Å². The van der Waals surface area contributed by atoms with E-state index in [1.165, 1.54) is 36.5 Å². The molecule has 1 heterocycles. The number of pyridine rings is 1. The first-order valence-corrected chi connectivity index (χ1v) is 8.00. The third-order valence-corrected chi connectivity index (χ3v) is 4.85. The molecule has 1 saturated carbocycles. The van der Waals surface area contributed by atoms with E-state index < -0.39 is 0 Å². The summed E-state index contributed by atoms with van der Waals surface area (Å²) in [4.78, 5) is 7.20. The number of hydrogen-bond donors (Lipinski definition) is 1. The lowest BCUT2D eigenvalue weighted by atomic mass is 9.86. The molecule has 0 saturated heterocycles. The van der Waals surface area contributed by atoms with Crippen LogP contribution in [0.1, 0.15) is 38.3 Å². The number of benzene rings is 1. The zero-order valence-electron chi connectivity index (χ0n) is 13.0. The molecule has 0 unspecified atom stereocenters. The number of rotatable bonds is 3. The third-order valence-electron chi connectivity index (χ3n) is 4.85. The van der Waals surface area contributed by atoms with Gasteiger partial charge in [0.05, 0.1) is 5.69 Å². The number of anilines is 1. The fraction of sp³-hybridized carbons (Fsp3) is 0.500. The van der Waals surface area contributed by atoms with Crippen molar-refractivity contribution in [1.29, 1.82) is 0 Å². The van der Waals surface area contributed by atoms with Crippen LogP contribution in [-0.4, -0.2) is 18.1 Å². The van der Waals surface area contributed by atoms with Crippen molar-refractivity contribution in [3.63, 3.8) is 0 Å². The minimum Gasteiger partial charge on any atom is -0.356 e. The molecule has 0 spiro atoms. The monoisotopic (exact) mass is 283 g/mol. The van der Waals surface area contributed by atoms with Crippen LogP contribution >= 0.6 is 0 Å². The number of nitrogens with two attached hydrogens (primary N) is 1. The molecule has 3 rings (SSSR count). The van der Waals surface area contributed by atoms with Gasteiger partial charge in [0.15, 0.2) is 0 Å². The topological polar surface area (TPSA) is 42.2 Å². The maximum absolute atomic E-state index is 5.83. The number of hydrogen-bond acceptors (Lipinski definition) is 3. The van der Waals surface area contributed by atoms with Crippen molar-refractivity contribution >= 4 is 16.6 Å². The summed E-state index contributed by atoms with van der Waals surface area (Å²) >= 11 is 0. The third kappa shape index (κ3) is 2.88. The number of fused-ring (bicyclic) bond motifs is 1. The van der Waals surface area contributed by atoms with E-state index in [1.54, 1.807) is 0 Å². The lowest BCUT2D eigenvalue weighted by Gasteiger charge is -2.35. The maximum atomic E-state index is 5.83. The Morgan fingerprint density at radius 2 is 1.90 bits per heavy atom. The molecule has 0 atom stereocenters. The second-order valence-electron chi connectivity index (χ2n) is 6.39. The Balaban J connectivity index is 1.98. The van der Waals surface area contributed by atoms with Crippen molar-refractivity contribution in [3.8, 4) is 0 Å². The molecular weight excluding hydrogens is 258 g/mol. The van der Waals surface area contributed by atoms with Gasteiger partial charge < -0.3 is 10.6 Å². The average Bonchev–Trinajstić information content (AvgIpc) is 2.53. The van der Waals surface area contributed by atoms with E-state index in [9.17, 15) is 0 Å². The first-order chi connectivity index (χ1) is 10.2. The Morgan fingerprint density at radius 1 is 1.19 bits per heavy atom. The van der Waals surface area contributed by atoms with Gasteiger partial charge in [0.2, 0.25) is 0 Å². The second kappa shape index (κ2) is 6.02. The van der Waals surface area contributed by atoms with Gasteiger partial charge in [-0.15, -0.1) is 0 Å². The summed E-state index contributed by atoms with van der Waals surface area (Å²) < 4.78 is 0. The summed E-state index contributed by atoms with van der Waals surface area (Å²) in [5.41, 5.74) is 6.80. The molecule has 1 fully saturated rings. The molecule has 0 radical (unpaired) electrons. The minimum absolute atomic E-state index is 0.493. The Hall–Kier alpha value is -1.61. The van der Waals surface area contributed by atoms with Crippen LogP contribution < -0.4 is 10.6 Å². The number of nitrogens with zero attached hydrogens (tertiary/aromatic N) is 2. The van der Waals surface area contributed by atoms with Crippen molar-refractivity contribution in [2.45, 2.75) is 45.2 Å². The van der Waals surface area contributed by atoms with Gasteiger partial charge in [-0.3, -0.25) is 0 Å². The summed E-state index contributed by atoms with van der Waals surface area (Å²) in [6.45, 7) is 2.85. The Kier molecular flexibility index (Phi) is 4.11. The van der Waals surface area contributed by atoms with Crippen LogP contribution in [0.5, 0.6) is 0 Å². The summed E-state index contributed by atoms with van der Waals surface area (Å²) in [5, 5.41) is 2.47. The van der Waals surface area contributed by atoms with Crippen LogP contribution in [0.15, 0.2) is 30.3 Å². The van der Waals surface area contributed by atoms with Gasteiger partial charge in [0.25, 0.3) is 0 Å². The Morgan fingerprint density at radius 3 is 2.62 bits per heavy atom. The van der Waals surface area contributed by atoms with Crippen LogP contribution in [0.25, 0.3) is 10.8 Å². The van der Waals surface area contributed by atoms with E-state index in [-0.39, 0.29) is 0 Å². The van der Waals surface area contributed by atoms with Gasteiger partial charge in [0.1, 0.15) is 5.82 Å². The zero-order valence-corrected chi connectivity index (χ0v) is 13.0. The molecule has 1 aliphatic rings. The highest BCUT2D eigenvalue weighted by molar-refractivity contribution is 5.92. The molecule has 0 aliphatic heterocycles. The first kappa shape index (κ1) is 14.3. The smallest absolute Gasteiger partial charge is 0.136 e. The maximum Gasteiger partial charge on any atom is 0.136 e. The molecule has 112 valence electrons. The van der Waals surface area contributed by atoms with E-state index in [1.807, 2.05) is 0 Å². The SMILES string of the molecule is CC1CCC(N(C)c2nc(CN)cc3ccccc23)CC1. The highest BCUT2D eigenvalue weighted by Gasteiger charge is 2.23. The molecule has 21 heavy (non-hydrogen) atoms. The predicted molar refractivity (Wildman–Crippen MR) is 89.5 cm³/mol. The molecule has 0 amide bonds. The van der Waals surface area contributed by atoms with E-state index in [0.29, 0.717) is 12.6 Å². The van der Waals surface area contributed by atoms with E-state index >= 15 is 0 Å². The summed E-state index contributed by atoms with van der Waals surface area (Å²) in [6.07, 6.45) is 5.17. The van der Waals surface area contributed by atoms with E-state index in [0.717, 1.165) is 17.4 Å². The minimum atomic E-state index is 0.493. The summed E-state index contributed by atoms with van der Waals surface area (Å²) in [6, 6.07) is 11.2. The molecule has 2 aromatic rings. The fourth-order valence-corrected chi connectivity index (χ4v) is 3.41. The fourth-order valence-electron chi connectivity index (χ4n) is 3.41. The first-order valence-electron chi connectivity index (χ1n) is 8.00. The average molecular weight is 283 g/mol. The van der Waals surface area contributed by atoms with Crippen LogP contribution in [-0.2, 0) is 6.54 Å². The van der Waals surface area contributed by atoms with Gasteiger partial charge in [-0.25, -0.2) is 4.98 Å². The molecule has 1 aliphatic carbocycles. The highest BCUT2D eigenvalue weighted by Crippen LogP contribution is 2.32. The van der Waals surface area contributed by atoms with Crippen molar-refractivity contribution in [1.82, 2.24) is 4.98 Å². The molecule has 3 heteroatoms. The lowest BCUT2D eigenvalue weighted by Crippen LogP contribution is -2.35. The molecule has 2 N–H and O–H groups in total. The lowest BCUT2D eigenvalue weighted by molar-refractivity contribution is 0.340. The largest absolute Gasteiger partial charge is 0.356 e. The summed E-state index contributed by atoms with van der Waals surface area (Å²) in [7, 11) is 2.19. The molecule has 1 aromatic carbocycles. The normalized spacial score (nSPS) is 22.4. The Labute approximate surface area is 127 Å². The van der Waals surface area contributed by atoms with Gasteiger partial charge in [-0.05, 0) is 43.1 Å². The van der Waals surface area contributed by atoms with Crippen molar-refractivity contribution in [2.75, 3.05) is 11.9 Å². The van der Waals surface area contributed by atoms with E-state index in [4.69, 9.17) is 10.7 Å². The summed E-state index contributed by atoms with van der Waals surface area (Å²) in [5.74, 6) is 1.96. The highest BCUT2D eigenvalue weighted by atomic mass is 15.2. The van der Waals surface area contributed by atoms with Crippen LogP contribution in [0.3, 0.4) is 0 Å². The van der Waals surface area contributed by atoms with Gasteiger partial charge in [-0.2, -0.15) is 0 Å². The van der Waals surface area contributed by atoms with E-state index in [2.05, 4.69) is 49.2 Å². The van der Waals surface area contributed by atoms with Crippen molar-refractivity contribution in [3.05, 3.63) is 36.0 Å². The van der Waals surface area contributed by atoms with Crippen molar-refractivity contribution in [2.24, 2.45) is 11.7 Å². The van der Waals surface area contributed by atoms with Gasteiger partial charge in [-0.1, -0.05) is 31.2 Å². The van der Waals surface area contributed by atoms with Crippen LogP contribution in [0.2, 0.25) is 0 Å². The quantitative estimate of drug-likeness (QED) is 0.933. The zero-order chi connectivity index (χ0) is 14.8. The van der Waals surface area contributed by atoms with Crippen LogP contribution in [0.4, 0.5) is 5.82 Å². The van der Waals surface area contributed by atoms with Gasteiger partial charge in [0, 0.05) is 25.0 Å². The van der Waals surface area contributed by atoms with Crippen molar-refractivity contribution < 1.29 is 0 Å². The molecular formula is C18H25N3. The second-order valence-corrected chi connectivity index (χ2v) is 6.39. The Bertz CT molecular complexity index is 615. The predicted octanol–water partition coefficient (Wildman–Crippen LogP) is 3.71. The standard InChI is InChI=1S/C18H25N3/c1-13-7-9-16(10-8-13)21(2)18-17-6-4-3-5-14(17)11-15(12-19)20-18/h3-6,11,13,16H,7-10,12,19H2,1-2H3. The number of aromatic nitrogens is 1.